The van der Waals surface area contributed by atoms with E-state index in [0.29, 0.717) is 18.7 Å². The Kier molecular flexibility index (Phi) is 5.11. The number of carbonyl (C=O) groups is 1. The van der Waals surface area contributed by atoms with Crippen molar-refractivity contribution >= 4 is 11.6 Å². The number of nitrogens with zero attached hydrogens (tertiary/aromatic N) is 5. The average molecular weight is 369 g/mol. The lowest BCUT2D eigenvalue weighted by atomic mass is 10.1. The fraction of sp³-hybridized carbons (Fsp3) is 0.550. The zero-order valence-corrected chi connectivity index (χ0v) is 16.1. The first-order chi connectivity index (χ1) is 13.1. The van der Waals surface area contributed by atoms with Gasteiger partial charge in [0.25, 0.3) is 5.91 Å². The molecule has 1 aliphatic carbocycles. The lowest BCUT2D eigenvalue weighted by Gasteiger charge is -2.21. The van der Waals surface area contributed by atoms with E-state index >= 15 is 0 Å². The van der Waals surface area contributed by atoms with Gasteiger partial charge in [-0.25, -0.2) is 4.68 Å². The molecule has 1 saturated carbocycles. The maximum Gasteiger partial charge on any atom is 0.254 e. The summed E-state index contributed by atoms with van der Waals surface area (Å²) < 4.78 is 7.73. The molecule has 2 heterocycles. The quantitative estimate of drug-likeness (QED) is 0.782. The number of hydrogen-bond acceptors (Lipinski definition) is 5. The largest absolute Gasteiger partial charge is 0.378 e. The van der Waals surface area contributed by atoms with Gasteiger partial charge in [0, 0.05) is 45.0 Å². The summed E-state index contributed by atoms with van der Waals surface area (Å²) in [5, 5.41) is 8.57. The molecule has 7 heteroatoms. The Morgan fingerprint density at radius 1 is 1.22 bits per heavy atom. The van der Waals surface area contributed by atoms with Gasteiger partial charge < -0.3 is 14.5 Å². The van der Waals surface area contributed by atoms with E-state index in [0.717, 1.165) is 49.1 Å². The summed E-state index contributed by atoms with van der Waals surface area (Å²) in [6.07, 6.45) is 3.42. The standard InChI is InChI=1S/C20H27N5O2/c1-23(2)17-8-6-16(7-9-17)20(26)24-10-3-11-25-19(12-24)18(21-22-25)14-27-13-15-4-5-15/h6-9,15H,3-5,10-14H2,1-2H3. The first-order valence-corrected chi connectivity index (χ1v) is 9.67. The van der Waals surface area contributed by atoms with Crippen LogP contribution in [0.1, 0.15) is 41.0 Å². The summed E-state index contributed by atoms with van der Waals surface area (Å²) in [4.78, 5) is 16.9. The number of hydrogen-bond donors (Lipinski definition) is 0. The summed E-state index contributed by atoms with van der Waals surface area (Å²) in [7, 11) is 3.99. The van der Waals surface area contributed by atoms with Crippen LogP contribution < -0.4 is 4.90 Å². The maximum atomic E-state index is 13.0. The number of aryl methyl sites for hydroxylation is 1. The Balaban J connectivity index is 1.46. The molecular formula is C20H27N5O2. The number of aromatic nitrogens is 3. The fourth-order valence-corrected chi connectivity index (χ4v) is 3.37. The smallest absolute Gasteiger partial charge is 0.254 e. The Morgan fingerprint density at radius 2 is 2.00 bits per heavy atom. The third-order valence-electron chi connectivity index (χ3n) is 5.26. The molecule has 27 heavy (non-hydrogen) atoms. The Bertz CT molecular complexity index is 795. The van der Waals surface area contributed by atoms with E-state index in [1.807, 2.05) is 52.8 Å². The molecule has 0 atom stereocenters. The lowest BCUT2D eigenvalue weighted by Crippen LogP contribution is -2.31. The number of carbonyl (C=O) groups excluding carboxylic acids is 1. The maximum absolute atomic E-state index is 13.0. The minimum absolute atomic E-state index is 0.0554. The Labute approximate surface area is 159 Å². The van der Waals surface area contributed by atoms with Crippen LogP contribution in [0.2, 0.25) is 0 Å². The third-order valence-corrected chi connectivity index (χ3v) is 5.26. The van der Waals surface area contributed by atoms with Crippen LogP contribution in [0.15, 0.2) is 24.3 Å². The molecule has 0 N–H and O–H groups in total. The van der Waals surface area contributed by atoms with Gasteiger partial charge in [0.05, 0.1) is 18.8 Å². The molecule has 1 aliphatic heterocycles. The van der Waals surface area contributed by atoms with E-state index in [2.05, 4.69) is 10.3 Å². The molecule has 7 nitrogen and oxygen atoms in total. The van der Waals surface area contributed by atoms with Crippen molar-refractivity contribution in [1.82, 2.24) is 19.9 Å². The van der Waals surface area contributed by atoms with Crippen LogP contribution in [0.4, 0.5) is 5.69 Å². The summed E-state index contributed by atoms with van der Waals surface area (Å²) in [6.45, 7) is 3.32. The molecule has 144 valence electrons. The summed E-state index contributed by atoms with van der Waals surface area (Å²) in [5.74, 6) is 0.780. The highest BCUT2D eigenvalue weighted by Crippen LogP contribution is 2.29. The van der Waals surface area contributed by atoms with E-state index < -0.39 is 0 Å². The van der Waals surface area contributed by atoms with E-state index in [1.54, 1.807) is 0 Å². The molecule has 0 radical (unpaired) electrons. The Morgan fingerprint density at radius 3 is 2.70 bits per heavy atom. The van der Waals surface area contributed by atoms with Crippen molar-refractivity contribution < 1.29 is 9.53 Å². The van der Waals surface area contributed by atoms with Gasteiger partial charge in [0.2, 0.25) is 0 Å². The van der Waals surface area contributed by atoms with Crippen LogP contribution in [0, 0.1) is 5.92 Å². The molecule has 0 bridgehead atoms. The summed E-state index contributed by atoms with van der Waals surface area (Å²) in [5.41, 5.74) is 3.66. The molecule has 1 amide bonds. The van der Waals surface area contributed by atoms with Gasteiger partial charge in [-0.3, -0.25) is 4.79 Å². The number of anilines is 1. The van der Waals surface area contributed by atoms with Gasteiger partial charge in [-0.15, -0.1) is 5.10 Å². The zero-order valence-electron chi connectivity index (χ0n) is 16.1. The van der Waals surface area contributed by atoms with Crippen molar-refractivity contribution in [1.29, 1.82) is 0 Å². The van der Waals surface area contributed by atoms with E-state index in [1.165, 1.54) is 12.8 Å². The van der Waals surface area contributed by atoms with Gasteiger partial charge in [-0.1, -0.05) is 5.21 Å². The monoisotopic (exact) mass is 369 g/mol. The highest BCUT2D eigenvalue weighted by Gasteiger charge is 2.25. The summed E-state index contributed by atoms with van der Waals surface area (Å²) in [6, 6.07) is 7.76. The topological polar surface area (TPSA) is 63.5 Å². The van der Waals surface area contributed by atoms with Gasteiger partial charge >= 0.3 is 0 Å². The number of rotatable bonds is 6. The zero-order chi connectivity index (χ0) is 18.8. The molecule has 2 aliphatic rings. The Hall–Kier alpha value is -2.41. The number of benzene rings is 1. The first kappa shape index (κ1) is 18.0. The molecule has 1 aromatic heterocycles. The van der Waals surface area contributed by atoms with Crippen molar-refractivity contribution in [2.24, 2.45) is 5.92 Å². The molecular weight excluding hydrogens is 342 g/mol. The van der Waals surface area contributed by atoms with Crippen molar-refractivity contribution in [3.63, 3.8) is 0 Å². The molecule has 4 rings (SSSR count). The molecule has 2 aromatic rings. The molecule has 1 fully saturated rings. The van der Waals surface area contributed by atoms with Crippen molar-refractivity contribution in [2.45, 2.75) is 39.0 Å². The van der Waals surface area contributed by atoms with E-state index in [9.17, 15) is 4.79 Å². The van der Waals surface area contributed by atoms with Gasteiger partial charge in [0.1, 0.15) is 5.69 Å². The van der Waals surface area contributed by atoms with Crippen molar-refractivity contribution in [2.75, 3.05) is 32.1 Å². The number of fused-ring (bicyclic) bond motifs is 1. The second-order valence-electron chi connectivity index (χ2n) is 7.69. The average Bonchev–Trinajstić information content (AvgIpc) is 3.46. The molecule has 1 aromatic carbocycles. The first-order valence-electron chi connectivity index (χ1n) is 9.67. The van der Waals surface area contributed by atoms with Crippen LogP contribution in [-0.2, 0) is 24.4 Å². The molecule has 0 unspecified atom stereocenters. The van der Waals surface area contributed by atoms with Gasteiger partial charge in [0.15, 0.2) is 0 Å². The molecule has 0 spiro atoms. The minimum atomic E-state index is 0.0554. The van der Waals surface area contributed by atoms with Crippen LogP contribution >= 0.6 is 0 Å². The van der Waals surface area contributed by atoms with Crippen LogP contribution in [0.5, 0.6) is 0 Å². The SMILES string of the molecule is CN(C)c1ccc(C(=O)N2CCCn3nnc(COCC4CC4)c3C2)cc1. The highest BCUT2D eigenvalue weighted by molar-refractivity contribution is 5.94. The minimum Gasteiger partial charge on any atom is -0.378 e. The van der Waals surface area contributed by atoms with Crippen molar-refractivity contribution in [3.8, 4) is 0 Å². The van der Waals surface area contributed by atoms with Crippen molar-refractivity contribution in [3.05, 3.63) is 41.2 Å². The van der Waals surface area contributed by atoms with Crippen LogP contribution in [0.25, 0.3) is 0 Å². The van der Waals surface area contributed by atoms with Gasteiger partial charge in [-0.05, 0) is 49.4 Å². The lowest BCUT2D eigenvalue weighted by molar-refractivity contribution is 0.0741. The second kappa shape index (κ2) is 7.68. The van der Waals surface area contributed by atoms with Crippen LogP contribution in [0.3, 0.4) is 0 Å². The second-order valence-corrected chi connectivity index (χ2v) is 7.69. The predicted octanol–water partition coefficient (Wildman–Crippen LogP) is 2.32. The van der Waals surface area contributed by atoms with E-state index in [4.69, 9.17) is 4.74 Å². The fourth-order valence-electron chi connectivity index (χ4n) is 3.37. The normalized spacial score (nSPS) is 16.7. The number of amides is 1. The van der Waals surface area contributed by atoms with Gasteiger partial charge in [-0.2, -0.15) is 0 Å². The van der Waals surface area contributed by atoms with Crippen LogP contribution in [-0.4, -0.2) is 53.0 Å². The van der Waals surface area contributed by atoms with E-state index in [-0.39, 0.29) is 5.91 Å². The number of ether oxygens (including phenoxy) is 1. The predicted molar refractivity (Wildman–Crippen MR) is 103 cm³/mol. The highest BCUT2D eigenvalue weighted by atomic mass is 16.5. The summed E-state index contributed by atoms with van der Waals surface area (Å²) >= 11 is 0. The third kappa shape index (κ3) is 4.13. The molecule has 0 saturated heterocycles.